The van der Waals surface area contributed by atoms with E-state index in [2.05, 4.69) is 20.6 Å². The van der Waals surface area contributed by atoms with Gasteiger partial charge in [0.25, 0.3) is 0 Å². The van der Waals surface area contributed by atoms with Gasteiger partial charge in [0.05, 0.1) is 7.11 Å². The highest BCUT2D eigenvalue weighted by atomic mass is 19.1. The average Bonchev–Trinajstić information content (AvgIpc) is 3.02. The molecule has 3 rings (SSSR count). The molecule has 116 valence electrons. The number of halogens is 1. The number of anilines is 3. The maximum absolute atomic E-state index is 12.9. The van der Waals surface area contributed by atoms with Crippen LogP contribution in [0.3, 0.4) is 0 Å². The molecule has 2 N–H and O–H groups in total. The summed E-state index contributed by atoms with van der Waals surface area (Å²) in [5, 5.41) is 6.48. The third-order valence-electron chi connectivity index (χ3n) is 3.72. The molecule has 1 aromatic carbocycles. The van der Waals surface area contributed by atoms with Gasteiger partial charge in [0.1, 0.15) is 11.6 Å². The SMILES string of the molecule is COc1cc(NC2CCCC2)nc(Nc2ccc(F)cc2)n1. The Hall–Kier alpha value is -2.37. The second kappa shape index (κ2) is 6.60. The summed E-state index contributed by atoms with van der Waals surface area (Å²) in [7, 11) is 1.57. The summed E-state index contributed by atoms with van der Waals surface area (Å²) in [6, 6.07) is 8.30. The lowest BCUT2D eigenvalue weighted by atomic mass is 10.2. The van der Waals surface area contributed by atoms with Crippen molar-refractivity contribution in [1.29, 1.82) is 0 Å². The van der Waals surface area contributed by atoms with E-state index in [1.54, 1.807) is 25.3 Å². The molecule has 1 saturated carbocycles. The molecule has 0 aliphatic heterocycles. The third-order valence-corrected chi connectivity index (χ3v) is 3.72. The van der Waals surface area contributed by atoms with E-state index >= 15 is 0 Å². The van der Waals surface area contributed by atoms with Crippen molar-refractivity contribution in [3.05, 3.63) is 36.1 Å². The topological polar surface area (TPSA) is 59.1 Å². The first-order valence-electron chi connectivity index (χ1n) is 7.45. The lowest BCUT2D eigenvalue weighted by Gasteiger charge is -2.14. The van der Waals surface area contributed by atoms with Crippen LogP contribution in [0.15, 0.2) is 30.3 Å². The number of nitrogens with one attached hydrogen (secondary N) is 2. The number of ether oxygens (including phenoxy) is 1. The van der Waals surface area contributed by atoms with Gasteiger partial charge in [-0.05, 0) is 37.1 Å². The standard InChI is InChI=1S/C16H19FN4O/c1-22-15-10-14(18-12-4-2-3-5-12)20-16(21-15)19-13-8-6-11(17)7-9-13/h6-10,12H,2-5H2,1H3,(H2,18,19,20,21). The van der Waals surface area contributed by atoms with Crippen LogP contribution in [0.2, 0.25) is 0 Å². The number of nitrogens with zero attached hydrogens (tertiary/aromatic N) is 2. The molecule has 1 aliphatic rings. The Bertz CT molecular complexity index is 627. The van der Waals surface area contributed by atoms with Crippen LogP contribution in [0.4, 0.5) is 21.8 Å². The van der Waals surface area contributed by atoms with E-state index in [-0.39, 0.29) is 5.82 Å². The van der Waals surface area contributed by atoms with E-state index in [9.17, 15) is 4.39 Å². The lowest BCUT2D eigenvalue weighted by molar-refractivity contribution is 0.398. The highest BCUT2D eigenvalue weighted by Gasteiger charge is 2.16. The minimum atomic E-state index is -0.277. The van der Waals surface area contributed by atoms with Gasteiger partial charge in [-0.3, -0.25) is 0 Å². The largest absolute Gasteiger partial charge is 0.481 e. The molecule has 5 nitrogen and oxygen atoms in total. The monoisotopic (exact) mass is 302 g/mol. The third kappa shape index (κ3) is 3.63. The van der Waals surface area contributed by atoms with Gasteiger partial charge in [-0.25, -0.2) is 4.39 Å². The van der Waals surface area contributed by atoms with Crippen LogP contribution in [0.1, 0.15) is 25.7 Å². The van der Waals surface area contributed by atoms with Crippen LogP contribution < -0.4 is 15.4 Å². The molecule has 1 fully saturated rings. The number of benzene rings is 1. The van der Waals surface area contributed by atoms with Crippen LogP contribution in [0, 0.1) is 5.82 Å². The van der Waals surface area contributed by atoms with Gasteiger partial charge in [0.15, 0.2) is 0 Å². The summed E-state index contributed by atoms with van der Waals surface area (Å²) in [5.41, 5.74) is 0.724. The fourth-order valence-electron chi connectivity index (χ4n) is 2.60. The Morgan fingerprint density at radius 2 is 1.86 bits per heavy atom. The van der Waals surface area contributed by atoms with Crippen molar-refractivity contribution < 1.29 is 9.13 Å². The van der Waals surface area contributed by atoms with Gasteiger partial charge in [0, 0.05) is 17.8 Å². The molecule has 0 bridgehead atoms. The van der Waals surface area contributed by atoms with Crippen molar-refractivity contribution in [2.45, 2.75) is 31.7 Å². The smallest absolute Gasteiger partial charge is 0.232 e. The van der Waals surface area contributed by atoms with Gasteiger partial charge in [-0.2, -0.15) is 9.97 Å². The van der Waals surface area contributed by atoms with E-state index in [4.69, 9.17) is 4.74 Å². The number of hydrogen-bond acceptors (Lipinski definition) is 5. The Morgan fingerprint density at radius 3 is 2.55 bits per heavy atom. The Balaban J connectivity index is 1.78. The van der Waals surface area contributed by atoms with Crippen molar-refractivity contribution in [2.75, 3.05) is 17.7 Å². The number of aromatic nitrogens is 2. The molecule has 0 radical (unpaired) electrons. The molecule has 0 saturated heterocycles. The first-order valence-corrected chi connectivity index (χ1v) is 7.45. The molecule has 6 heteroatoms. The van der Waals surface area contributed by atoms with Crippen LogP contribution >= 0.6 is 0 Å². The quantitative estimate of drug-likeness (QED) is 0.881. The Labute approximate surface area is 128 Å². The normalized spacial score (nSPS) is 14.8. The van der Waals surface area contributed by atoms with E-state index in [1.807, 2.05) is 0 Å². The fourth-order valence-corrected chi connectivity index (χ4v) is 2.60. The first kappa shape index (κ1) is 14.6. The highest BCUT2D eigenvalue weighted by molar-refractivity contribution is 5.56. The fraction of sp³-hybridized carbons (Fsp3) is 0.375. The van der Waals surface area contributed by atoms with E-state index in [1.165, 1.54) is 25.0 Å². The maximum Gasteiger partial charge on any atom is 0.232 e. The van der Waals surface area contributed by atoms with Gasteiger partial charge in [0.2, 0.25) is 11.8 Å². The molecule has 1 aliphatic carbocycles. The molecule has 1 aromatic heterocycles. The van der Waals surface area contributed by atoms with E-state index in [0.717, 1.165) is 24.3 Å². The number of methoxy groups -OCH3 is 1. The first-order chi connectivity index (χ1) is 10.7. The van der Waals surface area contributed by atoms with Crippen LogP contribution in [0.25, 0.3) is 0 Å². The molecule has 0 unspecified atom stereocenters. The molecular formula is C16H19FN4O. The van der Waals surface area contributed by atoms with Gasteiger partial charge in [-0.15, -0.1) is 0 Å². The van der Waals surface area contributed by atoms with Gasteiger partial charge in [-0.1, -0.05) is 12.8 Å². The zero-order valence-corrected chi connectivity index (χ0v) is 12.5. The maximum atomic E-state index is 12.9. The predicted octanol–water partition coefficient (Wildman–Crippen LogP) is 3.72. The number of rotatable bonds is 5. The van der Waals surface area contributed by atoms with Crippen LogP contribution in [-0.4, -0.2) is 23.1 Å². The van der Waals surface area contributed by atoms with E-state index in [0.29, 0.717) is 17.9 Å². The molecular weight excluding hydrogens is 283 g/mol. The summed E-state index contributed by atoms with van der Waals surface area (Å²) in [4.78, 5) is 8.72. The second-order valence-electron chi connectivity index (χ2n) is 5.38. The predicted molar refractivity (Wildman–Crippen MR) is 84.1 cm³/mol. The zero-order valence-electron chi connectivity index (χ0n) is 12.5. The minimum absolute atomic E-state index is 0.277. The van der Waals surface area contributed by atoms with Crippen LogP contribution in [-0.2, 0) is 0 Å². The summed E-state index contributed by atoms with van der Waals surface area (Å²) in [6.07, 6.45) is 4.82. The molecule has 1 heterocycles. The minimum Gasteiger partial charge on any atom is -0.481 e. The lowest BCUT2D eigenvalue weighted by Crippen LogP contribution is -2.16. The Morgan fingerprint density at radius 1 is 1.14 bits per heavy atom. The molecule has 0 atom stereocenters. The van der Waals surface area contributed by atoms with Gasteiger partial charge >= 0.3 is 0 Å². The van der Waals surface area contributed by atoms with Crippen molar-refractivity contribution in [3.63, 3.8) is 0 Å². The molecule has 0 spiro atoms. The second-order valence-corrected chi connectivity index (χ2v) is 5.38. The van der Waals surface area contributed by atoms with E-state index < -0.39 is 0 Å². The summed E-state index contributed by atoms with van der Waals surface area (Å²) < 4.78 is 18.2. The highest BCUT2D eigenvalue weighted by Crippen LogP contribution is 2.24. The Kier molecular flexibility index (Phi) is 4.37. The van der Waals surface area contributed by atoms with Gasteiger partial charge < -0.3 is 15.4 Å². The van der Waals surface area contributed by atoms with Crippen molar-refractivity contribution in [2.24, 2.45) is 0 Å². The van der Waals surface area contributed by atoms with Crippen molar-refractivity contribution in [3.8, 4) is 5.88 Å². The number of hydrogen-bond donors (Lipinski definition) is 2. The summed E-state index contributed by atoms with van der Waals surface area (Å²) in [5.74, 6) is 1.37. The summed E-state index contributed by atoms with van der Waals surface area (Å²) >= 11 is 0. The summed E-state index contributed by atoms with van der Waals surface area (Å²) in [6.45, 7) is 0. The van der Waals surface area contributed by atoms with Crippen molar-refractivity contribution >= 4 is 17.5 Å². The zero-order chi connectivity index (χ0) is 15.4. The average molecular weight is 302 g/mol. The molecule has 2 aromatic rings. The van der Waals surface area contributed by atoms with Crippen molar-refractivity contribution in [1.82, 2.24) is 9.97 Å². The van der Waals surface area contributed by atoms with Crippen LogP contribution in [0.5, 0.6) is 5.88 Å². The molecule has 0 amide bonds. The molecule has 22 heavy (non-hydrogen) atoms.